The van der Waals surface area contributed by atoms with Crippen LogP contribution in [0.5, 0.6) is 0 Å². The summed E-state index contributed by atoms with van der Waals surface area (Å²) < 4.78 is 0. The number of nitrogens with zero attached hydrogens (tertiary/aromatic N) is 1. The normalized spacial score (nSPS) is 13.3. The minimum absolute atomic E-state index is 0.271. The molecule has 4 heteroatoms. The number of rotatable bonds is 14. The number of hydrogen-bond acceptors (Lipinski definition) is 3. The Labute approximate surface area is 134 Å². The molecular weight excluding hydrogens is 278 g/mol. The molecule has 0 bridgehead atoms. The average molecular weight is 306 g/mol. The van der Waals surface area contributed by atoms with Gasteiger partial charge in [-0.15, -0.1) is 0 Å². The highest BCUT2D eigenvalue weighted by molar-refractivity contribution is 5.50. The van der Waals surface area contributed by atoms with Crippen molar-refractivity contribution >= 4 is 6.29 Å². The molecule has 0 heterocycles. The molecule has 0 aromatic rings. The van der Waals surface area contributed by atoms with Gasteiger partial charge in [-0.2, -0.15) is 0 Å². The summed E-state index contributed by atoms with van der Waals surface area (Å²) in [5.41, 5.74) is 0. The minimum atomic E-state index is -0.676. The first-order valence-corrected chi connectivity index (χ1v) is 8.17. The predicted octanol–water partition coefficient (Wildman–Crippen LogP) is 4.94. The first-order chi connectivity index (χ1) is 10.7. The lowest BCUT2D eigenvalue weighted by Crippen LogP contribution is -2.15. The van der Waals surface area contributed by atoms with Crippen LogP contribution >= 0.6 is 0 Å². The fourth-order valence-electron chi connectivity index (χ4n) is 1.92. The molecule has 1 atom stereocenters. The number of unbranched alkanes of at least 4 members (excludes halogenated alkanes) is 5. The van der Waals surface area contributed by atoms with Crippen molar-refractivity contribution in [2.45, 2.75) is 70.8 Å². The molecule has 0 rings (SSSR count). The highest BCUT2D eigenvalue weighted by Gasteiger charge is 2.12. The van der Waals surface area contributed by atoms with E-state index < -0.39 is 6.04 Å². The Morgan fingerprint density at radius 2 is 1.77 bits per heavy atom. The van der Waals surface area contributed by atoms with Gasteiger partial charge in [0, 0.05) is 17.8 Å². The zero-order chi connectivity index (χ0) is 16.5. The number of allylic oxidation sites excluding steroid dienone is 4. The fraction of sp³-hybridized carbons (Fsp3) is 0.611. The molecule has 0 fully saturated rings. The molecule has 0 spiro atoms. The average Bonchev–Trinajstić information content (AvgIpc) is 2.50. The third-order valence-corrected chi connectivity index (χ3v) is 3.24. The van der Waals surface area contributed by atoms with Gasteiger partial charge in [-0.25, -0.2) is 0 Å². The van der Waals surface area contributed by atoms with Crippen LogP contribution in [0.2, 0.25) is 0 Å². The summed E-state index contributed by atoms with van der Waals surface area (Å²) in [6.45, 7) is 2.19. The van der Waals surface area contributed by atoms with Crippen LogP contribution in [0.15, 0.2) is 36.5 Å². The molecule has 0 saturated heterocycles. The van der Waals surface area contributed by atoms with Crippen LogP contribution < -0.4 is 0 Å². The Morgan fingerprint density at radius 3 is 2.45 bits per heavy atom. The van der Waals surface area contributed by atoms with Crippen LogP contribution in [0, 0.1) is 10.1 Å². The second kappa shape index (κ2) is 15.7. The molecule has 123 valence electrons. The van der Waals surface area contributed by atoms with E-state index >= 15 is 0 Å². The summed E-state index contributed by atoms with van der Waals surface area (Å²) in [7, 11) is 0. The maximum atomic E-state index is 10.9. The van der Waals surface area contributed by atoms with Gasteiger partial charge in [0.15, 0.2) is 6.29 Å². The first-order valence-electron chi connectivity index (χ1n) is 8.17. The van der Waals surface area contributed by atoms with Crippen molar-refractivity contribution in [3.8, 4) is 0 Å². The van der Waals surface area contributed by atoms with Crippen molar-refractivity contribution < 1.29 is 9.72 Å². The van der Waals surface area contributed by atoms with E-state index in [0.29, 0.717) is 25.7 Å². The maximum Gasteiger partial charge on any atom is 0.234 e. The monoisotopic (exact) mass is 306 g/mol. The van der Waals surface area contributed by atoms with E-state index in [1.807, 2.05) is 18.4 Å². The number of hydrogen-bond donors (Lipinski definition) is 0. The number of nitro groups is 1. The van der Waals surface area contributed by atoms with Crippen LogP contribution in [-0.4, -0.2) is 17.3 Å². The van der Waals surface area contributed by atoms with E-state index in [4.69, 9.17) is 0 Å². The van der Waals surface area contributed by atoms with Crippen LogP contribution in [0.3, 0.4) is 0 Å². The lowest BCUT2D eigenvalue weighted by molar-refractivity contribution is -0.508. The maximum absolute atomic E-state index is 10.9. The van der Waals surface area contributed by atoms with Gasteiger partial charge < -0.3 is 0 Å². The second-order valence-electron chi connectivity index (χ2n) is 5.23. The molecule has 0 aliphatic carbocycles. The summed E-state index contributed by atoms with van der Waals surface area (Å²) in [5, 5.41) is 10.9. The summed E-state index contributed by atoms with van der Waals surface area (Å²) in [5.74, 6) is 0. The summed E-state index contributed by atoms with van der Waals surface area (Å²) in [4.78, 5) is 20.7. The Morgan fingerprint density at radius 1 is 1.05 bits per heavy atom. The molecule has 0 saturated carbocycles. The molecule has 0 aliphatic rings. The molecular formula is C18H28NO3. The summed E-state index contributed by atoms with van der Waals surface area (Å²) >= 11 is 0. The number of carbonyl (C=O) groups excluding carboxylic acids is 1. The topological polar surface area (TPSA) is 60.2 Å². The third kappa shape index (κ3) is 13.3. The first kappa shape index (κ1) is 20.3. The molecule has 4 nitrogen and oxygen atoms in total. The van der Waals surface area contributed by atoms with Crippen molar-refractivity contribution in [3.05, 3.63) is 46.6 Å². The standard InChI is InChI=1S/C18H28NO3/c1-2-3-4-5-6-7-8-9-12-15-18(19(21)22)16-13-10-11-14-17-20/h6-7,9,12-13,16,18H,2-5,8,10-11,14-15H2,1H3/b7-6-,12-9-,16-13+. The Bertz CT molecular complexity index is 373. The van der Waals surface area contributed by atoms with Crippen LogP contribution in [0.4, 0.5) is 0 Å². The van der Waals surface area contributed by atoms with Gasteiger partial charge in [-0.1, -0.05) is 50.1 Å². The van der Waals surface area contributed by atoms with Gasteiger partial charge in [-0.3, -0.25) is 14.9 Å². The highest BCUT2D eigenvalue weighted by atomic mass is 16.6. The zero-order valence-corrected chi connectivity index (χ0v) is 13.6. The SMILES string of the molecule is CCCCC/C=C\C/C=C\CC(/C=C/CCC[C]=O)[N+](=O)[O-]. The highest BCUT2D eigenvalue weighted by Crippen LogP contribution is 2.05. The van der Waals surface area contributed by atoms with Crippen LogP contribution in [0.1, 0.15) is 64.7 Å². The fourth-order valence-corrected chi connectivity index (χ4v) is 1.92. The van der Waals surface area contributed by atoms with E-state index in [-0.39, 0.29) is 4.92 Å². The minimum Gasteiger partial charge on any atom is -0.291 e. The lowest BCUT2D eigenvalue weighted by Gasteiger charge is -2.00. The Balaban J connectivity index is 3.91. The molecule has 1 unspecified atom stereocenters. The van der Waals surface area contributed by atoms with Gasteiger partial charge in [0.2, 0.25) is 6.04 Å². The largest absolute Gasteiger partial charge is 0.291 e. The molecule has 0 amide bonds. The smallest absolute Gasteiger partial charge is 0.234 e. The predicted molar refractivity (Wildman–Crippen MR) is 91.1 cm³/mol. The van der Waals surface area contributed by atoms with Crippen molar-refractivity contribution in [2.75, 3.05) is 0 Å². The lowest BCUT2D eigenvalue weighted by atomic mass is 10.1. The molecule has 22 heavy (non-hydrogen) atoms. The second-order valence-corrected chi connectivity index (χ2v) is 5.23. The van der Waals surface area contributed by atoms with E-state index in [9.17, 15) is 14.9 Å². The summed E-state index contributed by atoms with van der Waals surface area (Å²) in [6, 6.07) is -0.676. The molecule has 1 radical (unpaired) electrons. The van der Waals surface area contributed by atoms with E-state index in [1.54, 1.807) is 12.2 Å². The van der Waals surface area contributed by atoms with Crippen LogP contribution in [-0.2, 0) is 4.79 Å². The quantitative estimate of drug-likeness (QED) is 0.198. The molecule has 0 aromatic heterocycles. The zero-order valence-electron chi connectivity index (χ0n) is 13.6. The molecule has 0 aliphatic heterocycles. The van der Waals surface area contributed by atoms with Gasteiger partial charge in [0.25, 0.3) is 0 Å². The molecule has 0 aromatic carbocycles. The Kier molecular flexibility index (Phi) is 14.5. The van der Waals surface area contributed by atoms with Gasteiger partial charge in [0.05, 0.1) is 0 Å². The van der Waals surface area contributed by atoms with Crippen LogP contribution in [0.25, 0.3) is 0 Å². The third-order valence-electron chi connectivity index (χ3n) is 3.24. The van der Waals surface area contributed by atoms with Gasteiger partial charge in [0.1, 0.15) is 0 Å². The van der Waals surface area contributed by atoms with Gasteiger partial charge in [-0.05, 0) is 38.2 Å². The van der Waals surface area contributed by atoms with Crippen molar-refractivity contribution in [1.29, 1.82) is 0 Å². The van der Waals surface area contributed by atoms with Crippen molar-refractivity contribution in [2.24, 2.45) is 0 Å². The van der Waals surface area contributed by atoms with Crippen molar-refractivity contribution in [1.82, 2.24) is 0 Å². The van der Waals surface area contributed by atoms with Gasteiger partial charge >= 0.3 is 0 Å². The van der Waals surface area contributed by atoms with E-state index in [1.165, 1.54) is 19.3 Å². The summed E-state index contributed by atoms with van der Waals surface area (Å²) in [6.07, 6.45) is 21.2. The Hall–Kier alpha value is -1.71. The van der Waals surface area contributed by atoms with E-state index in [0.717, 1.165) is 12.8 Å². The van der Waals surface area contributed by atoms with Crippen molar-refractivity contribution in [3.63, 3.8) is 0 Å². The van der Waals surface area contributed by atoms with E-state index in [2.05, 4.69) is 19.1 Å². The molecule has 0 N–H and O–H groups in total.